The van der Waals surface area contributed by atoms with Gasteiger partial charge < -0.3 is 21.7 Å². The molecule has 0 bridgehead atoms. The van der Waals surface area contributed by atoms with E-state index in [1.807, 2.05) is 80.6 Å². The number of carbonyl (C=O) groups excluding carboxylic acids is 5. The molecule has 3 aliphatic heterocycles. The first-order valence-corrected chi connectivity index (χ1v) is 20.0. The van der Waals surface area contributed by atoms with Gasteiger partial charge in [0, 0.05) is 32.4 Å². The maximum Gasteiger partial charge on any atom is 0.314 e. The second kappa shape index (κ2) is 19.2. The third-order valence-electron chi connectivity index (χ3n) is 10.7. The highest BCUT2D eigenvalue weighted by molar-refractivity contribution is 6.22. The molecule has 1 aromatic heterocycles. The van der Waals surface area contributed by atoms with Gasteiger partial charge >= 0.3 is 5.97 Å². The summed E-state index contributed by atoms with van der Waals surface area (Å²) in [7, 11) is 0. The van der Waals surface area contributed by atoms with Crippen LogP contribution in [-0.2, 0) is 35.6 Å². The Bertz CT molecular complexity index is 2320. The summed E-state index contributed by atoms with van der Waals surface area (Å²) in [6.07, 6.45) is 8.04. The number of imidazole rings is 1. The van der Waals surface area contributed by atoms with E-state index in [2.05, 4.69) is 38.7 Å². The lowest BCUT2D eigenvalue weighted by molar-refractivity contribution is -0.727. The summed E-state index contributed by atoms with van der Waals surface area (Å²) in [5.41, 5.74) is 4.73. The van der Waals surface area contributed by atoms with Crippen LogP contribution >= 0.6 is 0 Å². The molecule has 310 valence electrons. The summed E-state index contributed by atoms with van der Waals surface area (Å²) in [5, 5.41) is 3.29. The third kappa shape index (κ3) is 9.96. The molecular weight excluding hydrogens is 824 g/mol. The van der Waals surface area contributed by atoms with E-state index in [1.54, 1.807) is 48.5 Å². The highest BCUT2D eigenvalue weighted by Gasteiger charge is 2.37. The first-order valence-electron chi connectivity index (χ1n) is 20.0. The Kier molecular flexibility index (Phi) is 13.9. The molecule has 0 aliphatic carbocycles. The van der Waals surface area contributed by atoms with Crippen LogP contribution in [0.5, 0.6) is 0 Å². The van der Waals surface area contributed by atoms with Crippen molar-refractivity contribution in [2.45, 2.75) is 59.4 Å². The number of carbonyl (C=O) groups is 5. The molecular formula is C47H50BrN6O6+. The first kappa shape index (κ1) is 43.4. The van der Waals surface area contributed by atoms with Crippen LogP contribution in [0.2, 0.25) is 0 Å². The maximum atomic E-state index is 12.7. The summed E-state index contributed by atoms with van der Waals surface area (Å²) >= 11 is 0. The Hall–Kier alpha value is -6.21. The maximum absolute atomic E-state index is 12.7. The van der Waals surface area contributed by atoms with E-state index < -0.39 is 5.41 Å². The van der Waals surface area contributed by atoms with Crippen molar-refractivity contribution in [1.29, 1.82) is 0 Å². The average Bonchev–Trinajstić information content (AvgIpc) is 3.99. The molecule has 1 unspecified atom stereocenters. The molecule has 1 atom stereocenters. The van der Waals surface area contributed by atoms with E-state index in [9.17, 15) is 24.0 Å². The van der Waals surface area contributed by atoms with Gasteiger partial charge in [0.2, 0.25) is 19.4 Å². The molecule has 0 radical (unpaired) electrons. The van der Waals surface area contributed by atoms with Gasteiger partial charge in [-0.15, -0.1) is 0 Å². The molecule has 13 heteroatoms. The zero-order chi connectivity index (χ0) is 41.5. The molecule has 3 aliphatic rings. The number of hydrogen-bond donors (Lipinski definition) is 1. The van der Waals surface area contributed by atoms with Crippen LogP contribution in [0.1, 0.15) is 85.4 Å². The number of nitrogens with zero attached hydrogens (tertiary/aromatic N) is 5. The van der Waals surface area contributed by atoms with Gasteiger partial charge in [-0.2, -0.15) is 0 Å². The number of ether oxygens (including phenoxy) is 1. The summed E-state index contributed by atoms with van der Waals surface area (Å²) in [6, 6.07) is 34.7. The molecule has 4 amide bonds. The van der Waals surface area contributed by atoms with Crippen molar-refractivity contribution in [3.05, 3.63) is 161 Å². The lowest BCUT2D eigenvalue weighted by Gasteiger charge is -2.17. The van der Waals surface area contributed by atoms with Gasteiger partial charge in [-0.25, -0.2) is 9.13 Å². The van der Waals surface area contributed by atoms with Gasteiger partial charge in [-0.3, -0.25) is 43.7 Å². The number of nitrogens with one attached hydrogen (secondary N) is 1. The predicted octanol–water partition coefficient (Wildman–Crippen LogP) is 2.14. The van der Waals surface area contributed by atoms with E-state index in [0.29, 0.717) is 47.8 Å². The topological polar surface area (TPSA) is 125 Å². The Labute approximate surface area is 360 Å². The van der Waals surface area contributed by atoms with E-state index in [4.69, 9.17) is 4.74 Å². The van der Waals surface area contributed by atoms with Crippen LogP contribution in [0.3, 0.4) is 0 Å². The Morgan fingerprint density at radius 2 is 1.20 bits per heavy atom. The lowest BCUT2D eigenvalue weighted by Crippen LogP contribution is -3.00. The number of aromatic nitrogens is 2. The largest absolute Gasteiger partial charge is 1.00 e. The Morgan fingerprint density at radius 1 is 0.700 bits per heavy atom. The Morgan fingerprint density at radius 3 is 1.73 bits per heavy atom. The molecule has 0 spiro atoms. The zero-order valence-corrected chi connectivity index (χ0v) is 35.7. The van der Waals surface area contributed by atoms with Crippen molar-refractivity contribution in [1.82, 2.24) is 19.7 Å². The number of benzene rings is 4. The molecule has 0 saturated carbocycles. The number of rotatable bonds is 13. The summed E-state index contributed by atoms with van der Waals surface area (Å²) in [4.78, 5) is 65.2. The van der Waals surface area contributed by atoms with Gasteiger partial charge in [0.05, 0.1) is 34.2 Å². The van der Waals surface area contributed by atoms with Crippen LogP contribution in [-0.4, -0.2) is 87.1 Å². The minimum absolute atomic E-state index is 0. The Balaban J connectivity index is 0.000000203. The van der Waals surface area contributed by atoms with Crippen molar-refractivity contribution in [2.24, 2.45) is 5.41 Å². The van der Waals surface area contributed by atoms with E-state index in [1.165, 1.54) is 15.4 Å². The minimum Gasteiger partial charge on any atom is -1.00 e. The number of imide groups is 2. The van der Waals surface area contributed by atoms with Gasteiger partial charge in [0.25, 0.3) is 23.6 Å². The first-order chi connectivity index (χ1) is 28.5. The summed E-state index contributed by atoms with van der Waals surface area (Å²) < 4.78 is 11.6. The van der Waals surface area contributed by atoms with E-state index in [0.717, 1.165) is 37.2 Å². The zero-order valence-electron chi connectivity index (χ0n) is 34.1. The smallest absolute Gasteiger partial charge is 0.314 e. The van der Waals surface area contributed by atoms with Gasteiger partial charge in [-0.1, -0.05) is 84.9 Å². The fraction of sp³-hybridized carbons (Fsp3) is 0.298. The number of fused-ring (bicyclic) bond motifs is 2. The van der Waals surface area contributed by atoms with Crippen LogP contribution in [0.25, 0.3) is 0 Å². The second-order valence-electron chi connectivity index (χ2n) is 16.0. The lowest BCUT2D eigenvalue weighted by atomic mass is 9.98. The summed E-state index contributed by atoms with van der Waals surface area (Å²) in [6.45, 7) is 8.65. The number of hydrogen-bond acceptors (Lipinski definition) is 7. The van der Waals surface area contributed by atoms with Crippen molar-refractivity contribution in [3.63, 3.8) is 0 Å². The molecule has 5 aromatic rings. The highest BCUT2D eigenvalue weighted by Crippen LogP contribution is 2.24. The van der Waals surface area contributed by atoms with Crippen LogP contribution in [0, 0.1) is 5.41 Å². The molecule has 1 N–H and O–H groups in total. The molecule has 0 fully saturated rings. The van der Waals surface area contributed by atoms with Gasteiger partial charge in [0.15, 0.2) is 0 Å². The van der Waals surface area contributed by atoms with Gasteiger partial charge in [0.1, 0.15) is 31.0 Å². The molecule has 12 nitrogen and oxygen atoms in total. The molecule has 4 aromatic carbocycles. The van der Waals surface area contributed by atoms with E-state index >= 15 is 0 Å². The fourth-order valence-corrected chi connectivity index (χ4v) is 7.44. The normalized spacial score (nSPS) is 15.4. The predicted molar refractivity (Wildman–Crippen MR) is 221 cm³/mol. The minimum atomic E-state index is -0.582. The number of amides is 4. The number of halogens is 1. The molecule has 4 heterocycles. The van der Waals surface area contributed by atoms with Crippen molar-refractivity contribution < 1.29 is 54.8 Å². The fourth-order valence-electron chi connectivity index (χ4n) is 7.44. The van der Waals surface area contributed by atoms with Crippen LogP contribution in [0.15, 0.2) is 122 Å². The second-order valence-corrected chi connectivity index (χ2v) is 16.0. The molecule has 60 heavy (non-hydrogen) atoms. The quantitative estimate of drug-likeness (QED) is 0.109. The molecule has 0 saturated heterocycles. The summed E-state index contributed by atoms with van der Waals surface area (Å²) in [5.74, 6) is -1.14. The highest BCUT2D eigenvalue weighted by atomic mass is 79.9. The van der Waals surface area contributed by atoms with Gasteiger partial charge in [-0.05, 0) is 56.2 Å². The van der Waals surface area contributed by atoms with Crippen LogP contribution in [0.4, 0.5) is 0 Å². The van der Waals surface area contributed by atoms with Crippen LogP contribution < -0.4 is 26.9 Å². The van der Waals surface area contributed by atoms with Crippen molar-refractivity contribution >= 4 is 35.9 Å². The standard InChI is InChI=1S/C26H28N3O4.C21H21N3O2.BrH/c1-26(2,3)25(32)33-18-27-16-20(28(17-27)15-19-9-5-4-6-10-19)13-14-29-23(30)21-11-7-8-12-22(21)24(29)31;25-20-18-8-4-5-9-19(18)21(26)24(20)13-11-17-14-22-15-23(17)12-10-16-6-2-1-3-7-16;/h4-12,16-17H,13-15,18H2,1-3H3;1-9,15,17H,10-14H2;1H/q+1;;. The number of esters is 1. The average molecular weight is 875 g/mol. The SMILES string of the molecule is CC(C)(C)C(=O)OC[n+]1cc(CCN2C(=O)c3ccccc3C2=O)n(Cc2ccccc2)c1.O=C1c2ccccc2C(=O)N1CCC1CNC=[N+]1CCc1ccccc1.[Br-]. The monoisotopic (exact) mass is 873 g/mol. The van der Waals surface area contributed by atoms with E-state index in [-0.39, 0.29) is 59.9 Å². The van der Waals surface area contributed by atoms with Crippen molar-refractivity contribution in [2.75, 3.05) is 26.2 Å². The molecule has 8 rings (SSSR count). The third-order valence-corrected chi connectivity index (χ3v) is 10.7. The van der Waals surface area contributed by atoms with Crippen molar-refractivity contribution in [3.8, 4) is 0 Å².